The molecule has 1 atom stereocenters. The molecule has 0 saturated heterocycles. The molecule has 1 nitrogen and oxygen atoms in total. The second-order valence-corrected chi connectivity index (χ2v) is 6.56. The molecule has 1 heterocycles. The third kappa shape index (κ3) is 3.02. The molecule has 0 aliphatic carbocycles. The molecule has 0 aliphatic heterocycles. The monoisotopic (exact) mass is 295 g/mol. The van der Waals surface area contributed by atoms with Crippen molar-refractivity contribution in [1.82, 2.24) is 5.32 Å². The highest BCUT2D eigenvalue weighted by Crippen LogP contribution is 2.31. The van der Waals surface area contributed by atoms with Crippen molar-refractivity contribution in [3.63, 3.8) is 0 Å². The zero-order valence-electron chi connectivity index (χ0n) is 12.6. The minimum Gasteiger partial charge on any atom is -0.306 e. The number of aryl methyl sites for hydroxylation is 1. The summed E-state index contributed by atoms with van der Waals surface area (Å²) in [7, 11) is 0. The highest BCUT2D eigenvalue weighted by Gasteiger charge is 2.16. The molecule has 2 heteroatoms. The van der Waals surface area contributed by atoms with Gasteiger partial charge in [0.1, 0.15) is 0 Å². The maximum atomic E-state index is 3.71. The summed E-state index contributed by atoms with van der Waals surface area (Å²) in [6, 6.07) is 17.8. The smallest absolute Gasteiger partial charge is 0.0591 e. The van der Waals surface area contributed by atoms with E-state index in [1.807, 2.05) is 11.3 Å². The van der Waals surface area contributed by atoms with Crippen molar-refractivity contribution in [2.45, 2.75) is 26.3 Å². The molecule has 0 spiro atoms. The Morgan fingerprint density at radius 2 is 1.90 bits per heavy atom. The third-order valence-electron chi connectivity index (χ3n) is 3.82. The predicted octanol–water partition coefficient (Wildman–Crippen LogP) is 5.30. The summed E-state index contributed by atoms with van der Waals surface area (Å²) in [5, 5.41) is 8.65. The van der Waals surface area contributed by atoms with Crippen molar-refractivity contribution in [2.24, 2.45) is 0 Å². The predicted molar refractivity (Wildman–Crippen MR) is 93.1 cm³/mol. The van der Waals surface area contributed by atoms with Crippen LogP contribution in [0.4, 0.5) is 0 Å². The fourth-order valence-corrected chi connectivity index (χ4v) is 3.54. The zero-order chi connectivity index (χ0) is 14.7. The molecule has 0 radical (unpaired) electrons. The Morgan fingerprint density at radius 1 is 1.10 bits per heavy atom. The van der Waals surface area contributed by atoms with Crippen LogP contribution in [-0.4, -0.2) is 6.54 Å². The van der Waals surface area contributed by atoms with E-state index in [0.29, 0.717) is 0 Å². The summed E-state index contributed by atoms with van der Waals surface area (Å²) in [5.41, 5.74) is 2.75. The van der Waals surface area contributed by atoms with E-state index in [9.17, 15) is 0 Å². The number of thiophene rings is 1. The lowest BCUT2D eigenvalue weighted by atomic mass is 9.95. The molecule has 3 rings (SSSR count). The summed E-state index contributed by atoms with van der Waals surface area (Å²) in [5.74, 6) is 0. The number of hydrogen-bond donors (Lipinski definition) is 1. The number of nitrogens with one attached hydrogen (secondary N) is 1. The Balaban J connectivity index is 2.09. The second kappa shape index (κ2) is 6.42. The van der Waals surface area contributed by atoms with E-state index in [1.54, 1.807) is 0 Å². The van der Waals surface area contributed by atoms with Crippen molar-refractivity contribution in [2.75, 3.05) is 6.54 Å². The van der Waals surface area contributed by atoms with Crippen LogP contribution in [0.1, 0.15) is 35.4 Å². The van der Waals surface area contributed by atoms with Crippen LogP contribution < -0.4 is 5.32 Å². The molecule has 0 aliphatic rings. The number of fused-ring (bicyclic) bond motifs is 1. The SMILES string of the molecule is CCCNC(c1csc(C)c1)c1cccc2ccccc12. The number of hydrogen-bond acceptors (Lipinski definition) is 2. The van der Waals surface area contributed by atoms with E-state index in [1.165, 1.54) is 26.8 Å². The van der Waals surface area contributed by atoms with E-state index in [-0.39, 0.29) is 6.04 Å². The van der Waals surface area contributed by atoms with Gasteiger partial charge in [-0.05, 0) is 53.2 Å². The van der Waals surface area contributed by atoms with Crippen molar-refractivity contribution in [1.29, 1.82) is 0 Å². The lowest BCUT2D eigenvalue weighted by molar-refractivity contribution is 0.603. The van der Waals surface area contributed by atoms with Gasteiger partial charge in [-0.3, -0.25) is 0 Å². The van der Waals surface area contributed by atoms with Crippen molar-refractivity contribution < 1.29 is 0 Å². The van der Waals surface area contributed by atoms with Crippen LogP contribution in [0.2, 0.25) is 0 Å². The lowest BCUT2D eigenvalue weighted by Crippen LogP contribution is -2.23. The van der Waals surface area contributed by atoms with Gasteiger partial charge in [0.25, 0.3) is 0 Å². The van der Waals surface area contributed by atoms with Crippen LogP contribution >= 0.6 is 11.3 Å². The Labute approximate surface area is 130 Å². The molecule has 0 saturated carbocycles. The van der Waals surface area contributed by atoms with E-state index in [4.69, 9.17) is 0 Å². The van der Waals surface area contributed by atoms with E-state index in [0.717, 1.165) is 13.0 Å². The van der Waals surface area contributed by atoms with Gasteiger partial charge in [0, 0.05) is 4.88 Å². The first-order valence-corrected chi connectivity index (χ1v) is 8.43. The zero-order valence-corrected chi connectivity index (χ0v) is 13.4. The molecule has 3 aromatic rings. The Bertz CT molecular complexity index is 724. The van der Waals surface area contributed by atoms with Gasteiger partial charge in [-0.2, -0.15) is 0 Å². The van der Waals surface area contributed by atoms with Gasteiger partial charge >= 0.3 is 0 Å². The molecule has 108 valence electrons. The average Bonchev–Trinajstić information content (AvgIpc) is 2.94. The van der Waals surface area contributed by atoms with Gasteiger partial charge in [-0.15, -0.1) is 11.3 Å². The summed E-state index contributed by atoms with van der Waals surface area (Å²) in [4.78, 5) is 1.37. The molecular weight excluding hydrogens is 274 g/mol. The molecule has 0 bridgehead atoms. The maximum Gasteiger partial charge on any atom is 0.0591 e. The summed E-state index contributed by atoms with van der Waals surface area (Å²) < 4.78 is 0. The first-order valence-electron chi connectivity index (χ1n) is 7.55. The van der Waals surface area contributed by atoms with Crippen molar-refractivity contribution in [3.8, 4) is 0 Å². The largest absolute Gasteiger partial charge is 0.306 e. The summed E-state index contributed by atoms with van der Waals surface area (Å²) in [6.07, 6.45) is 1.14. The number of rotatable bonds is 5. The number of benzene rings is 2. The lowest BCUT2D eigenvalue weighted by Gasteiger charge is -2.20. The second-order valence-electron chi connectivity index (χ2n) is 5.45. The van der Waals surface area contributed by atoms with Crippen molar-refractivity contribution in [3.05, 3.63) is 69.9 Å². The van der Waals surface area contributed by atoms with Crippen LogP contribution in [0.3, 0.4) is 0 Å². The van der Waals surface area contributed by atoms with Gasteiger partial charge in [0.05, 0.1) is 6.04 Å². The minimum absolute atomic E-state index is 0.279. The summed E-state index contributed by atoms with van der Waals surface area (Å²) in [6.45, 7) is 5.42. The Hall–Kier alpha value is -1.64. The van der Waals surface area contributed by atoms with Crippen LogP contribution in [0.15, 0.2) is 53.9 Å². The van der Waals surface area contributed by atoms with Crippen LogP contribution in [-0.2, 0) is 0 Å². The van der Waals surface area contributed by atoms with Crippen LogP contribution in [0.25, 0.3) is 10.8 Å². The van der Waals surface area contributed by atoms with Gasteiger partial charge in [0.15, 0.2) is 0 Å². The van der Waals surface area contributed by atoms with E-state index in [2.05, 4.69) is 73.1 Å². The third-order valence-corrected chi connectivity index (χ3v) is 4.70. The molecule has 1 unspecified atom stereocenters. The van der Waals surface area contributed by atoms with E-state index < -0.39 is 0 Å². The quantitative estimate of drug-likeness (QED) is 0.673. The van der Waals surface area contributed by atoms with Gasteiger partial charge in [0.2, 0.25) is 0 Å². The van der Waals surface area contributed by atoms with Crippen LogP contribution in [0, 0.1) is 6.92 Å². The van der Waals surface area contributed by atoms with Gasteiger partial charge in [-0.25, -0.2) is 0 Å². The van der Waals surface area contributed by atoms with E-state index >= 15 is 0 Å². The van der Waals surface area contributed by atoms with Gasteiger partial charge in [-0.1, -0.05) is 49.4 Å². The van der Waals surface area contributed by atoms with Crippen molar-refractivity contribution >= 4 is 22.1 Å². The maximum absolute atomic E-state index is 3.71. The first kappa shape index (κ1) is 14.3. The molecular formula is C19H21NS. The molecule has 0 fully saturated rings. The highest BCUT2D eigenvalue weighted by molar-refractivity contribution is 7.10. The standard InChI is InChI=1S/C19H21NS/c1-3-11-20-19(16-12-14(2)21-13-16)18-10-6-8-15-7-4-5-9-17(15)18/h4-10,12-13,19-20H,3,11H2,1-2H3. The molecule has 2 aromatic carbocycles. The Morgan fingerprint density at radius 3 is 2.67 bits per heavy atom. The summed E-state index contributed by atoms with van der Waals surface area (Å²) >= 11 is 1.83. The first-order chi connectivity index (χ1) is 10.3. The molecule has 0 amide bonds. The van der Waals surface area contributed by atoms with Gasteiger partial charge < -0.3 is 5.32 Å². The average molecular weight is 295 g/mol. The fourth-order valence-electron chi connectivity index (χ4n) is 2.81. The highest BCUT2D eigenvalue weighted by atomic mass is 32.1. The topological polar surface area (TPSA) is 12.0 Å². The molecule has 1 N–H and O–H groups in total. The fraction of sp³-hybridized carbons (Fsp3) is 0.263. The minimum atomic E-state index is 0.279. The Kier molecular flexibility index (Phi) is 4.37. The van der Waals surface area contributed by atoms with Crippen LogP contribution in [0.5, 0.6) is 0 Å². The normalized spacial score (nSPS) is 12.7. The molecule has 1 aromatic heterocycles. The molecule has 21 heavy (non-hydrogen) atoms.